The fourth-order valence-electron chi connectivity index (χ4n) is 4.23. The summed E-state index contributed by atoms with van der Waals surface area (Å²) >= 11 is 0. The van der Waals surface area contributed by atoms with Crippen LogP contribution in [0.2, 0.25) is 0 Å². The number of carbonyl (C=O) groups excluding carboxylic acids is 1. The van der Waals surface area contributed by atoms with Crippen LogP contribution >= 0.6 is 0 Å². The quantitative estimate of drug-likeness (QED) is 0.497. The summed E-state index contributed by atoms with van der Waals surface area (Å²) in [6.07, 6.45) is 0.535. The Kier molecular flexibility index (Phi) is 8.72. The van der Waals surface area contributed by atoms with Crippen LogP contribution in [0, 0.1) is 35.5 Å². The highest BCUT2D eigenvalue weighted by Crippen LogP contribution is 2.30. The maximum atomic E-state index is 13.8. The molecule has 1 amide bonds. The molecule has 0 spiro atoms. The molecule has 0 fully saturated rings. The van der Waals surface area contributed by atoms with Gasteiger partial charge in [-0.1, -0.05) is 50.2 Å². The number of hydrogen-bond donors (Lipinski definition) is 1. The third-order valence-corrected chi connectivity index (χ3v) is 6.05. The second-order valence-corrected chi connectivity index (χ2v) is 8.95. The first-order valence-electron chi connectivity index (χ1n) is 11.9. The Hall–Kier alpha value is -4.27. The Morgan fingerprint density at radius 1 is 1.11 bits per heavy atom. The fraction of sp³-hybridized carbons (Fsp3) is 0.321. The smallest absolute Gasteiger partial charge is 0.258 e. The van der Waals surface area contributed by atoms with Gasteiger partial charge < -0.3 is 10.6 Å². The van der Waals surface area contributed by atoms with Crippen molar-refractivity contribution in [3.05, 3.63) is 98.7 Å². The number of carbonyl (C=O) groups is 1. The number of nitriles is 2. The summed E-state index contributed by atoms with van der Waals surface area (Å²) in [5.74, 6) is -0.0873. The Bertz CT molecular complexity index is 1370. The molecule has 0 aliphatic heterocycles. The predicted molar refractivity (Wildman–Crippen MR) is 137 cm³/mol. The van der Waals surface area contributed by atoms with Crippen molar-refractivity contribution in [1.82, 2.24) is 14.5 Å². The van der Waals surface area contributed by atoms with Gasteiger partial charge in [0.1, 0.15) is 11.9 Å². The lowest BCUT2D eigenvalue weighted by Gasteiger charge is -2.35. The van der Waals surface area contributed by atoms with E-state index in [1.807, 2.05) is 50.2 Å². The highest BCUT2D eigenvalue weighted by Gasteiger charge is 2.33. The van der Waals surface area contributed by atoms with Gasteiger partial charge in [0.15, 0.2) is 5.69 Å². The SMILES string of the molecule is Cc1c(C#N)nc(C(C(C)C)N(CCCN)C(=O)c2cccc(C#N)c2)n(Cc2ccccc2)c1=O. The third-order valence-electron chi connectivity index (χ3n) is 6.05. The normalized spacial score (nSPS) is 11.5. The van der Waals surface area contributed by atoms with E-state index in [4.69, 9.17) is 5.73 Å². The van der Waals surface area contributed by atoms with Crippen LogP contribution in [0.25, 0.3) is 0 Å². The van der Waals surface area contributed by atoms with Crippen LogP contribution in [0.3, 0.4) is 0 Å². The van der Waals surface area contributed by atoms with E-state index in [2.05, 4.69) is 11.1 Å². The van der Waals surface area contributed by atoms with Crippen LogP contribution in [-0.2, 0) is 6.54 Å². The highest BCUT2D eigenvalue weighted by atomic mass is 16.2. The van der Waals surface area contributed by atoms with Gasteiger partial charge in [0.2, 0.25) is 0 Å². The number of aromatic nitrogens is 2. The maximum Gasteiger partial charge on any atom is 0.258 e. The lowest BCUT2D eigenvalue weighted by Crippen LogP contribution is -2.43. The molecule has 2 aromatic carbocycles. The molecule has 0 radical (unpaired) electrons. The van der Waals surface area contributed by atoms with E-state index in [-0.39, 0.29) is 35.2 Å². The number of rotatable bonds is 9. The second kappa shape index (κ2) is 11.9. The monoisotopic (exact) mass is 482 g/mol. The van der Waals surface area contributed by atoms with Crippen LogP contribution in [-0.4, -0.2) is 33.4 Å². The first kappa shape index (κ1) is 26.3. The first-order valence-corrected chi connectivity index (χ1v) is 11.9. The third kappa shape index (κ3) is 5.68. The van der Waals surface area contributed by atoms with E-state index in [9.17, 15) is 20.1 Å². The van der Waals surface area contributed by atoms with Crippen LogP contribution in [0.1, 0.15) is 64.9 Å². The standard InChI is InChI=1S/C28H30N6O2/c1-19(2)25(33(14-8-13-29)28(36)23-12-7-11-22(15-23)16-30)26-32-24(17-31)20(3)27(35)34(26)18-21-9-5-4-6-10-21/h4-7,9-12,15,19,25H,8,13-14,18,29H2,1-3H3. The van der Waals surface area contributed by atoms with Crippen molar-refractivity contribution in [2.24, 2.45) is 11.7 Å². The van der Waals surface area contributed by atoms with Crippen molar-refractivity contribution in [3.8, 4) is 12.1 Å². The average Bonchev–Trinajstić information content (AvgIpc) is 2.90. The molecule has 0 saturated heterocycles. The molecule has 8 nitrogen and oxygen atoms in total. The molecule has 0 aliphatic rings. The van der Waals surface area contributed by atoms with Gasteiger partial charge in [0.25, 0.3) is 11.5 Å². The molecule has 3 aromatic rings. The Morgan fingerprint density at radius 3 is 2.44 bits per heavy atom. The summed E-state index contributed by atoms with van der Waals surface area (Å²) < 4.78 is 1.56. The van der Waals surface area contributed by atoms with E-state index >= 15 is 0 Å². The summed E-state index contributed by atoms with van der Waals surface area (Å²) in [6.45, 7) is 6.43. The zero-order valence-electron chi connectivity index (χ0n) is 20.8. The molecule has 184 valence electrons. The molecule has 1 aromatic heterocycles. The number of benzene rings is 2. The Balaban J connectivity index is 2.23. The zero-order valence-corrected chi connectivity index (χ0v) is 20.8. The fourth-order valence-corrected chi connectivity index (χ4v) is 4.23. The van der Waals surface area contributed by atoms with E-state index in [1.165, 1.54) is 0 Å². The minimum Gasteiger partial charge on any atom is -0.330 e. The lowest BCUT2D eigenvalue weighted by atomic mass is 9.98. The second-order valence-electron chi connectivity index (χ2n) is 8.95. The number of nitrogens with zero attached hydrogens (tertiary/aromatic N) is 5. The number of amides is 1. The molecule has 0 saturated carbocycles. The van der Waals surface area contributed by atoms with Crippen LogP contribution in [0.5, 0.6) is 0 Å². The molecule has 2 N–H and O–H groups in total. The topological polar surface area (TPSA) is 129 Å². The van der Waals surface area contributed by atoms with Crippen LogP contribution in [0.4, 0.5) is 0 Å². The lowest BCUT2D eigenvalue weighted by molar-refractivity contribution is 0.0602. The number of hydrogen-bond acceptors (Lipinski definition) is 6. The van der Waals surface area contributed by atoms with Gasteiger partial charge in [-0.15, -0.1) is 0 Å². The Morgan fingerprint density at radius 2 is 1.83 bits per heavy atom. The summed E-state index contributed by atoms with van der Waals surface area (Å²) in [4.78, 5) is 33.6. The predicted octanol–water partition coefficient (Wildman–Crippen LogP) is 3.53. The molecule has 1 heterocycles. The van der Waals surface area contributed by atoms with Crippen LogP contribution < -0.4 is 11.3 Å². The van der Waals surface area contributed by atoms with Gasteiger partial charge >= 0.3 is 0 Å². The highest BCUT2D eigenvalue weighted by molar-refractivity contribution is 5.94. The minimum atomic E-state index is -0.612. The summed E-state index contributed by atoms with van der Waals surface area (Å²) in [6, 6.07) is 19.5. The van der Waals surface area contributed by atoms with Gasteiger partial charge in [-0.05, 0) is 49.6 Å². The molecule has 1 atom stereocenters. The van der Waals surface area contributed by atoms with E-state index in [1.54, 1.807) is 40.7 Å². The first-order chi connectivity index (χ1) is 17.3. The summed E-state index contributed by atoms with van der Waals surface area (Å²) in [7, 11) is 0. The van der Waals surface area contributed by atoms with Crippen molar-refractivity contribution in [3.63, 3.8) is 0 Å². The van der Waals surface area contributed by atoms with Crippen molar-refractivity contribution < 1.29 is 4.79 Å². The van der Waals surface area contributed by atoms with E-state index in [0.717, 1.165) is 5.56 Å². The summed E-state index contributed by atoms with van der Waals surface area (Å²) in [5, 5.41) is 19.0. The molecule has 8 heteroatoms. The average molecular weight is 483 g/mol. The van der Waals surface area contributed by atoms with Crippen molar-refractivity contribution in [2.75, 3.05) is 13.1 Å². The van der Waals surface area contributed by atoms with Crippen molar-refractivity contribution in [1.29, 1.82) is 10.5 Å². The van der Waals surface area contributed by atoms with Gasteiger partial charge in [-0.2, -0.15) is 10.5 Å². The van der Waals surface area contributed by atoms with Crippen LogP contribution in [0.15, 0.2) is 59.4 Å². The van der Waals surface area contributed by atoms with Crippen molar-refractivity contribution in [2.45, 2.75) is 39.8 Å². The van der Waals surface area contributed by atoms with Gasteiger partial charge in [-0.3, -0.25) is 14.2 Å². The largest absolute Gasteiger partial charge is 0.330 e. The van der Waals surface area contributed by atoms with Crippen molar-refractivity contribution >= 4 is 5.91 Å². The Labute approximate surface area is 211 Å². The molecule has 0 aliphatic carbocycles. The maximum absolute atomic E-state index is 13.8. The van der Waals surface area contributed by atoms with Gasteiger partial charge in [0, 0.05) is 12.1 Å². The van der Waals surface area contributed by atoms with E-state index < -0.39 is 6.04 Å². The molecule has 3 rings (SSSR count). The minimum absolute atomic E-state index is 0.0441. The van der Waals surface area contributed by atoms with Gasteiger partial charge in [0.05, 0.1) is 29.8 Å². The molecular formula is C28H30N6O2. The molecular weight excluding hydrogens is 452 g/mol. The number of nitrogens with two attached hydrogens (primary N) is 1. The molecule has 0 bridgehead atoms. The molecule has 1 unspecified atom stereocenters. The summed E-state index contributed by atoms with van der Waals surface area (Å²) in [5.41, 5.74) is 7.43. The van der Waals surface area contributed by atoms with Gasteiger partial charge in [-0.25, -0.2) is 4.98 Å². The van der Waals surface area contributed by atoms with E-state index in [0.29, 0.717) is 36.5 Å². The molecule has 36 heavy (non-hydrogen) atoms. The zero-order chi connectivity index (χ0) is 26.2.